The summed E-state index contributed by atoms with van der Waals surface area (Å²) in [5.74, 6) is -1.84. The standard InChI is InChI=1S/C30H25F10NO3/c1-14(2)22-11-23(25(43-4)12-24(22)31)21-6-5-18(28(32,33)34)9-17(21)13-41-15(3)26(44-27(41)42)16-7-19(29(35,36)37)10-20(8-16)30(38,39)40/h5-8,10-12,15,17,26H,1,9,13H2,2-4H3/t15-,17?,26-/m0/s1. The third-order valence-electron chi connectivity index (χ3n) is 7.54. The number of hydrogen-bond acceptors (Lipinski definition) is 3. The van der Waals surface area contributed by atoms with Gasteiger partial charge >= 0.3 is 24.6 Å². The number of halogens is 10. The third kappa shape index (κ3) is 6.58. The average molecular weight is 638 g/mol. The molecular formula is C30H25F10NO3. The van der Waals surface area contributed by atoms with E-state index < -0.39 is 83.7 Å². The lowest BCUT2D eigenvalue weighted by atomic mass is 9.81. The van der Waals surface area contributed by atoms with Crippen molar-refractivity contribution in [3.63, 3.8) is 0 Å². The summed E-state index contributed by atoms with van der Waals surface area (Å²) in [4.78, 5) is 13.9. The highest BCUT2D eigenvalue weighted by atomic mass is 19.4. The second-order valence-corrected chi connectivity index (χ2v) is 10.6. The van der Waals surface area contributed by atoms with Crippen molar-refractivity contribution < 1.29 is 58.2 Å². The van der Waals surface area contributed by atoms with Crippen LogP contribution < -0.4 is 4.74 Å². The van der Waals surface area contributed by atoms with Crippen molar-refractivity contribution >= 4 is 17.2 Å². The van der Waals surface area contributed by atoms with E-state index in [-0.39, 0.29) is 28.5 Å². The number of alkyl halides is 9. The fraction of sp³-hybridized carbons (Fsp3) is 0.367. The Kier molecular flexibility index (Phi) is 8.62. The van der Waals surface area contributed by atoms with Crippen LogP contribution >= 0.6 is 0 Å². The van der Waals surface area contributed by atoms with Gasteiger partial charge in [-0.05, 0) is 61.2 Å². The molecular weight excluding hydrogens is 612 g/mol. The monoisotopic (exact) mass is 637 g/mol. The molecule has 1 aliphatic heterocycles. The fourth-order valence-corrected chi connectivity index (χ4v) is 5.30. The maximum Gasteiger partial charge on any atom is 0.416 e. The molecule has 1 fully saturated rings. The van der Waals surface area contributed by atoms with E-state index in [9.17, 15) is 48.7 Å². The van der Waals surface area contributed by atoms with E-state index >= 15 is 0 Å². The predicted octanol–water partition coefficient (Wildman–Crippen LogP) is 9.38. The van der Waals surface area contributed by atoms with Crippen LogP contribution in [-0.4, -0.2) is 36.9 Å². The summed E-state index contributed by atoms with van der Waals surface area (Å²) in [6.45, 7) is 6.05. The number of allylic oxidation sites excluding steroid dienone is 4. The summed E-state index contributed by atoms with van der Waals surface area (Å²) in [6, 6.07) is 2.00. The van der Waals surface area contributed by atoms with Gasteiger partial charge in [-0.2, -0.15) is 39.5 Å². The number of rotatable bonds is 6. The largest absolute Gasteiger partial charge is 0.496 e. The first kappa shape index (κ1) is 32.9. The summed E-state index contributed by atoms with van der Waals surface area (Å²) in [5, 5.41) is 0. The smallest absolute Gasteiger partial charge is 0.416 e. The van der Waals surface area contributed by atoms with E-state index in [1.165, 1.54) is 27.0 Å². The minimum Gasteiger partial charge on any atom is -0.496 e. The molecule has 0 spiro atoms. The van der Waals surface area contributed by atoms with Crippen molar-refractivity contribution in [2.45, 2.75) is 50.9 Å². The Morgan fingerprint density at radius 3 is 2.05 bits per heavy atom. The van der Waals surface area contributed by atoms with Gasteiger partial charge in [0, 0.05) is 35.2 Å². The fourth-order valence-electron chi connectivity index (χ4n) is 5.30. The summed E-state index contributed by atoms with van der Waals surface area (Å²) in [7, 11) is 1.23. The van der Waals surface area contributed by atoms with Crippen molar-refractivity contribution in [2.75, 3.05) is 13.7 Å². The van der Waals surface area contributed by atoms with Crippen LogP contribution in [0, 0.1) is 11.7 Å². The number of amides is 1. The number of benzene rings is 2. The third-order valence-corrected chi connectivity index (χ3v) is 7.54. The molecule has 238 valence electrons. The number of carbonyl (C=O) groups excluding carboxylic acids is 1. The van der Waals surface area contributed by atoms with Crippen LogP contribution in [0.1, 0.15) is 54.2 Å². The number of hydrogen-bond donors (Lipinski definition) is 0. The first-order chi connectivity index (χ1) is 20.2. The van der Waals surface area contributed by atoms with E-state index in [1.807, 2.05) is 0 Å². The summed E-state index contributed by atoms with van der Waals surface area (Å²) < 4.78 is 147. The van der Waals surface area contributed by atoms with E-state index in [0.29, 0.717) is 17.7 Å². The normalized spacial score (nSPS) is 21.2. The second-order valence-electron chi connectivity index (χ2n) is 10.6. The lowest BCUT2D eigenvalue weighted by Gasteiger charge is -2.32. The van der Waals surface area contributed by atoms with Crippen LogP contribution in [0.2, 0.25) is 0 Å². The molecule has 0 saturated carbocycles. The predicted molar refractivity (Wildman–Crippen MR) is 140 cm³/mol. The molecule has 0 bridgehead atoms. The molecule has 2 aromatic rings. The van der Waals surface area contributed by atoms with Crippen LogP contribution in [0.5, 0.6) is 5.75 Å². The number of carbonyl (C=O) groups is 1. The van der Waals surface area contributed by atoms with Crippen LogP contribution in [0.15, 0.2) is 54.6 Å². The van der Waals surface area contributed by atoms with Gasteiger partial charge in [0.2, 0.25) is 0 Å². The molecule has 1 unspecified atom stereocenters. The quantitative estimate of drug-likeness (QED) is 0.297. The van der Waals surface area contributed by atoms with Gasteiger partial charge in [0.05, 0.1) is 24.3 Å². The van der Waals surface area contributed by atoms with E-state index in [1.54, 1.807) is 0 Å². The van der Waals surface area contributed by atoms with Crippen LogP contribution in [0.25, 0.3) is 11.1 Å². The van der Waals surface area contributed by atoms with Crippen molar-refractivity contribution in [3.05, 3.63) is 88.3 Å². The summed E-state index contributed by atoms with van der Waals surface area (Å²) >= 11 is 0. The Labute approximate surface area is 245 Å². The first-order valence-corrected chi connectivity index (χ1v) is 13.0. The van der Waals surface area contributed by atoms with Crippen molar-refractivity contribution in [3.8, 4) is 5.75 Å². The molecule has 1 aliphatic carbocycles. The van der Waals surface area contributed by atoms with Gasteiger partial charge in [-0.3, -0.25) is 0 Å². The average Bonchev–Trinajstić information content (AvgIpc) is 3.19. The molecule has 0 aromatic heterocycles. The van der Waals surface area contributed by atoms with Crippen LogP contribution in [0.3, 0.4) is 0 Å². The topological polar surface area (TPSA) is 38.8 Å². The first-order valence-electron chi connectivity index (χ1n) is 13.0. The van der Waals surface area contributed by atoms with E-state index in [4.69, 9.17) is 9.47 Å². The molecule has 1 amide bonds. The number of methoxy groups -OCH3 is 1. The molecule has 0 N–H and O–H groups in total. The van der Waals surface area contributed by atoms with Crippen molar-refractivity contribution in [2.24, 2.45) is 5.92 Å². The zero-order valence-corrected chi connectivity index (χ0v) is 23.3. The molecule has 0 radical (unpaired) electrons. The number of cyclic esters (lactones) is 1. The zero-order chi connectivity index (χ0) is 32.9. The highest BCUT2D eigenvalue weighted by molar-refractivity contribution is 5.79. The molecule has 44 heavy (non-hydrogen) atoms. The Balaban J connectivity index is 1.75. The van der Waals surface area contributed by atoms with Crippen LogP contribution in [0.4, 0.5) is 48.7 Å². The minimum absolute atomic E-state index is 0.0221. The molecule has 14 heteroatoms. The van der Waals surface area contributed by atoms with Gasteiger partial charge in [0.15, 0.2) is 0 Å². The van der Waals surface area contributed by atoms with Crippen molar-refractivity contribution in [1.82, 2.24) is 4.90 Å². The number of nitrogens with zero attached hydrogens (tertiary/aromatic N) is 1. The lowest BCUT2D eigenvalue weighted by molar-refractivity contribution is -0.143. The molecule has 2 aliphatic rings. The highest BCUT2D eigenvalue weighted by Gasteiger charge is 2.45. The molecule has 4 rings (SSSR count). The Bertz CT molecular complexity index is 1500. The zero-order valence-electron chi connectivity index (χ0n) is 23.3. The Morgan fingerprint density at radius 1 is 0.955 bits per heavy atom. The Hall–Kier alpha value is -3.97. The van der Waals surface area contributed by atoms with Crippen LogP contribution in [-0.2, 0) is 17.1 Å². The van der Waals surface area contributed by atoms with E-state index in [0.717, 1.165) is 23.1 Å². The van der Waals surface area contributed by atoms with Gasteiger partial charge in [0.25, 0.3) is 0 Å². The Morgan fingerprint density at radius 2 is 1.55 bits per heavy atom. The highest BCUT2D eigenvalue weighted by Crippen LogP contribution is 2.45. The summed E-state index contributed by atoms with van der Waals surface area (Å²) in [5.41, 5.74) is -3.96. The lowest BCUT2D eigenvalue weighted by Crippen LogP contribution is -2.37. The second kappa shape index (κ2) is 11.5. The van der Waals surface area contributed by atoms with Gasteiger partial charge < -0.3 is 14.4 Å². The van der Waals surface area contributed by atoms with Gasteiger partial charge in [-0.25, -0.2) is 9.18 Å². The molecule has 1 heterocycles. The minimum atomic E-state index is -5.15. The number of ether oxygens (including phenoxy) is 2. The molecule has 4 nitrogen and oxygen atoms in total. The van der Waals surface area contributed by atoms with Crippen molar-refractivity contribution in [1.29, 1.82) is 0 Å². The summed E-state index contributed by atoms with van der Waals surface area (Å²) in [6.07, 6.45) is -16.5. The maximum atomic E-state index is 14.7. The SMILES string of the molecule is C=C(C)c1cc(C2=CC=C(C(F)(F)F)CC2CN2C(=O)O[C@H](c3cc(C(F)(F)F)cc(C(F)(F)F)c3)[C@@H]2C)c(OC)cc1F. The molecule has 2 aromatic carbocycles. The van der Waals surface area contributed by atoms with Gasteiger partial charge in [0.1, 0.15) is 17.7 Å². The molecule has 3 atom stereocenters. The van der Waals surface area contributed by atoms with Gasteiger partial charge in [-0.1, -0.05) is 18.7 Å². The molecule has 1 saturated heterocycles. The van der Waals surface area contributed by atoms with E-state index in [2.05, 4.69) is 6.58 Å². The maximum absolute atomic E-state index is 14.7. The van der Waals surface area contributed by atoms with Gasteiger partial charge in [-0.15, -0.1) is 0 Å².